The second-order valence-corrected chi connectivity index (χ2v) is 8.82. The van der Waals surface area contributed by atoms with E-state index in [1.165, 1.54) is 37.9 Å². The molecule has 0 unspecified atom stereocenters. The fourth-order valence-corrected chi connectivity index (χ4v) is 4.86. The number of urea groups is 1. The summed E-state index contributed by atoms with van der Waals surface area (Å²) in [5, 5.41) is 0. The van der Waals surface area contributed by atoms with Crippen molar-refractivity contribution in [1.29, 1.82) is 0 Å². The highest BCUT2D eigenvalue weighted by atomic mass is 16.5. The summed E-state index contributed by atoms with van der Waals surface area (Å²) in [6, 6.07) is 8.84. The molecular weight excluding hydrogens is 378 g/mol. The van der Waals surface area contributed by atoms with Crippen molar-refractivity contribution in [2.24, 2.45) is 0 Å². The highest BCUT2D eigenvalue weighted by Crippen LogP contribution is 2.29. The maximum Gasteiger partial charge on any atom is 0.320 e. The van der Waals surface area contributed by atoms with Gasteiger partial charge in [0.25, 0.3) is 0 Å². The lowest BCUT2D eigenvalue weighted by molar-refractivity contribution is 0.0411. The predicted octanol–water partition coefficient (Wildman–Crippen LogP) is 3.57. The van der Waals surface area contributed by atoms with Crippen LogP contribution in [0.1, 0.15) is 50.0 Å². The molecule has 6 heteroatoms. The number of benzene rings is 1. The van der Waals surface area contributed by atoms with Crippen molar-refractivity contribution >= 4 is 6.03 Å². The molecule has 0 radical (unpaired) electrons. The minimum atomic E-state index is 0.185. The van der Waals surface area contributed by atoms with Gasteiger partial charge >= 0.3 is 6.03 Å². The molecule has 3 aliphatic rings. The number of nitrogens with zero attached hydrogens (tertiary/aromatic N) is 3. The minimum Gasteiger partial charge on any atom is -0.494 e. The Morgan fingerprint density at radius 1 is 0.900 bits per heavy atom. The van der Waals surface area contributed by atoms with E-state index in [0.29, 0.717) is 19.1 Å². The second-order valence-electron chi connectivity index (χ2n) is 8.82. The van der Waals surface area contributed by atoms with Crippen molar-refractivity contribution in [3.8, 4) is 5.75 Å². The van der Waals surface area contributed by atoms with E-state index in [2.05, 4.69) is 29.2 Å². The number of hydrogen-bond acceptors (Lipinski definition) is 4. The Labute approximate surface area is 181 Å². The van der Waals surface area contributed by atoms with Crippen molar-refractivity contribution in [2.45, 2.75) is 44.4 Å². The van der Waals surface area contributed by atoms with Crippen LogP contribution < -0.4 is 4.74 Å². The predicted molar refractivity (Wildman–Crippen MR) is 118 cm³/mol. The van der Waals surface area contributed by atoms with Gasteiger partial charge in [0.2, 0.25) is 0 Å². The van der Waals surface area contributed by atoms with Crippen molar-refractivity contribution in [2.75, 3.05) is 65.6 Å². The van der Waals surface area contributed by atoms with Crippen molar-refractivity contribution in [1.82, 2.24) is 14.7 Å². The second kappa shape index (κ2) is 11.0. The highest BCUT2D eigenvalue weighted by Gasteiger charge is 2.27. The summed E-state index contributed by atoms with van der Waals surface area (Å²) in [6.07, 6.45) is 7.25. The van der Waals surface area contributed by atoms with Crippen LogP contribution in [0.15, 0.2) is 24.3 Å². The summed E-state index contributed by atoms with van der Waals surface area (Å²) >= 11 is 0. The van der Waals surface area contributed by atoms with Gasteiger partial charge in [0, 0.05) is 32.7 Å². The molecule has 0 N–H and O–H groups in total. The summed E-state index contributed by atoms with van der Waals surface area (Å²) in [5.41, 5.74) is 1.37. The lowest BCUT2D eigenvalue weighted by Crippen LogP contribution is -2.50. The molecule has 0 saturated carbocycles. The number of amides is 2. The van der Waals surface area contributed by atoms with E-state index in [-0.39, 0.29) is 6.03 Å². The smallest absolute Gasteiger partial charge is 0.320 e. The van der Waals surface area contributed by atoms with Gasteiger partial charge in [-0.3, -0.25) is 0 Å². The standard InChI is InChI=1S/C24H37N3O3/c28-24(27-16-19-29-20-17-27)26-14-9-22(10-15-26)21-5-7-23(8-6-21)30-18-4-13-25-11-2-1-3-12-25/h5-8,22H,1-4,9-20H2. The number of piperidine rings is 2. The third-order valence-electron chi connectivity index (χ3n) is 6.73. The summed E-state index contributed by atoms with van der Waals surface area (Å²) in [4.78, 5) is 19.2. The van der Waals surface area contributed by atoms with Crippen molar-refractivity contribution in [3.63, 3.8) is 0 Å². The molecule has 166 valence electrons. The number of hydrogen-bond donors (Lipinski definition) is 0. The van der Waals surface area contributed by atoms with Crippen molar-refractivity contribution in [3.05, 3.63) is 29.8 Å². The van der Waals surface area contributed by atoms with Gasteiger partial charge in [0.05, 0.1) is 19.8 Å². The number of carbonyl (C=O) groups is 1. The van der Waals surface area contributed by atoms with Crippen LogP contribution in [0.3, 0.4) is 0 Å². The van der Waals surface area contributed by atoms with Crippen LogP contribution in [0, 0.1) is 0 Å². The third-order valence-corrected chi connectivity index (χ3v) is 6.73. The molecule has 1 aromatic carbocycles. The largest absolute Gasteiger partial charge is 0.494 e. The molecule has 0 aromatic heterocycles. The molecule has 0 aliphatic carbocycles. The van der Waals surface area contributed by atoms with E-state index >= 15 is 0 Å². The van der Waals surface area contributed by atoms with Crippen LogP contribution in [0.5, 0.6) is 5.75 Å². The molecule has 1 aromatic rings. The van der Waals surface area contributed by atoms with Crippen LogP contribution in [0.25, 0.3) is 0 Å². The van der Waals surface area contributed by atoms with Crippen LogP contribution >= 0.6 is 0 Å². The summed E-state index contributed by atoms with van der Waals surface area (Å²) < 4.78 is 11.3. The van der Waals surface area contributed by atoms with E-state index in [1.54, 1.807) is 0 Å². The first-order chi connectivity index (χ1) is 14.8. The first-order valence-electron chi connectivity index (χ1n) is 11.9. The Morgan fingerprint density at radius 2 is 1.57 bits per heavy atom. The van der Waals surface area contributed by atoms with E-state index < -0.39 is 0 Å². The summed E-state index contributed by atoms with van der Waals surface area (Å²) in [5.74, 6) is 1.50. The Balaban J connectivity index is 1.17. The molecule has 3 fully saturated rings. The zero-order valence-corrected chi connectivity index (χ0v) is 18.3. The van der Waals surface area contributed by atoms with Crippen molar-refractivity contribution < 1.29 is 14.3 Å². The lowest BCUT2D eigenvalue weighted by Gasteiger charge is -2.37. The van der Waals surface area contributed by atoms with Gasteiger partial charge < -0.3 is 24.2 Å². The fraction of sp³-hybridized carbons (Fsp3) is 0.708. The molecule has 0 atom stereocenters. The topological polar surface area (TPSA) is 45.3 Å². The van der Waals surface area contributed by atoms with Crippen LogP contribution in [0.2, 0.25) is 0 Å². The number of likely N-dealkylation sites (tertiary alicyclic amines) is 2. The number of ether oxygens (including phenoxy) is 2. The van der Waals surface area contributed by atoms with Crippen LogP contribution in [0.4, 0.5) is 4.79 Å². The normalized spacial score (nSPS) is 21.6. The Morgan fingerprint density at radius 3 is 2.27 bits per heavy atom. The molecule has 4 rings (SSSR count). The molecule has 0 spiro atoms. The van der Waals surface area contributed by atoms with Gasteiger partial charge in [0.15, 0.2) is 0 Å². The summed E-state index contributed by atoms with van der Waals surface area (Å²) in [6.45, 7) is 8.90. The van der Waals surface area contributed by atoms with Gasteiger partial charge in [-0.25, -0.2) is 4.79 Å². The number of carbonyl (C=O) groups excluding carboxylic acids is 1. The third kappa shape index (κ3) is 5.88. The number of rotatable bonds is 6. The Bertz CT molecular complexity index is 646. The Kier molecular flexibility index (Phi) is 7.87. The maximum absolute atomic E-state index is 12.6. The number of morpholine rings is 1. The monoisotopic (exact) mass is 415 g/mol. The van der Waals surface area contributed by atoms with Gasteiger partial charge in [-0.15, -0.1) is 0 Å². The van der Waals surface area contributed by atoms with Gasteiger partial charge in [-0.2, -0.15) is 0 Å². The quantitative estimate of drug-likeness (QED) is 0.667. The first-order valence-corrected chi connectivity index (χ1v) is 11.9. The molecule has 6 nitrogen and oxygen atoms in total. The maximum atomic E-state index is 12.6. The molecule has 0 bridgehead atoms. The van der Waals surface area contributed by atoms with Gasteiger partial charge in [-0.05, 0) is 68.8 Å². The highest BCUT2D eigenvalue weighted by molar-refractivity contribution is 5.74. The molecule has 3 aliphatic heterocycles. The van der Waals surface area contributed by atoms with E-state index in [0.717, 1.165) is 64.3 Å². The SMILES string of the molecule is O=C(N1CCOCC1)N1CCC(c2ccc(OCCCN3CCCCC3)cc2)CC1. The molecular formula is C24H37N3O3. The Hall–Kier alpha value is -1.79. The molecule has 3 heterocycles. The first kappa shape index (κ1) is 21.4. The summed E-state index contributed by atoms with van der Waals surface area (Å²) in [7, 11) is 0. The van der Waals surface area contributed by atoms with E-state index in [9.17, 15) is 4.79 Å². The zero-order valence-electron chi connectivity index (χ0n) is 18.3. The van der Waals surface area contributed by atoms with E-state index in [4.69, 9.17) is 9.47 Å². The average Bonchev–Trinajstić information content (AvgIpc) is 2.83. The molecule has 2 amide bonds. The minimum absolute atomic E-state index is 0.185. The molecule has 30 heavy (non-hydrogen) atoms. The van der Waals surface area contributed by atoms with Gasteiger partial charge in [0.1, 0.15) is 5.75 Å². The van der Waals surface area contributed by atoms with E-state index in [1.807, 2.05) is 9.80 Å². The van der Waals surface area contributed by atoms with Crippen LogP contribution in [-0.2, 0) is 4.74 Å². The average molecular weight is 416 g/mol. The lowest BCUT2D eigenvalue weighted by atomic mass is 9.89. The van der Waals surface area contributed by atoms with Gasteiger partial charge in [-0.1, -0.05) is 18.6 Å². The zero-order chi connectivity index (χ0) is 20.6. The fourth-order valence-electron chi connectivity index (χ4n) is 4.86. The molecule has 3 saturated heterocycles. The van der Waals surface area contributed by atoms with Crippen LogP contribution in [-0.4, -0.2) is 86.4 Å².